The van der Waals surface area contributed by atoms with Gasteiger partial charge in [0.1, 0.15) is 6.04 Å². The summed E-state index contributed by atoms with van der Waals surface area (Å²) in [6.07, 6.45) is 0. The van der Waals surface area contributed by atoms with Crippen LogP contribution in [0.3, 0.4) is 0 Å². The molecule has 0 heterocycles. The zero-order valence-corrected chi connectivity index (χ0v) is 18.6. The molecule has 0 unspecified atom stereocenters. The van der Waals surface area contributed by atoms with Crippen LogP contribution < -0.4 is 27.2 Å². The lowest BCUT2D eigenvalue weighted by atomic mass is 10.1. The first-order valence-corrected chi connectivity index (χ1v) is 10.5. The third-order valence-electron chi connectivity index (χ3n) is 4.47. The van der Waals surface area contributed by atoms with Gasteiger partial charge >= 0.3 is 0 Å². The zero-order chi connectivity index (χ0) is 24.2. The van der Waals surface area contributed by atoms with Crippen molar-refractivity contribution in [3.63, 3.8) is 0 Å². The van der Waals surface area contributed by atoms with Crippen LogP contribution in [-0.2, 0) is 9.59 Å². The molecule has 0 aromatic heterocycles. The highest BCUT2D eigenvalue weighted by Crippen LogP contribution is 2.09. The van der Waals surface area contributed by atoms with E-state index in [2.05, 4.69) is 41.6 Å². The van der Waals surface area contributed by atoms with Crippen molar-refractivity contribution >= 4 is 23.4 Å². The number of hydrogen-bond donors (Lipinski definition) is 6. The number of carbonyl (C=O) groups is 3. The van der Waals surface area contributed by atoms with Crippen molar-refractivity contribution in [2.24, 2.45) is 11.7 Å². The van der Waals surface area contributed by atoms with Crippen molar-refractivity contribution in [1.82, 2.24) is 16.1 Å². The highest BCUT2D eigenvalue weighted by atomic mass is 16.5. The summed E-state index contributed by atoms with van der Waals surface area (Å²) in [6, 6.07) is 12.7. The Kier molecular flexibility index (Phi) is 12.0. The molecule has 1 atom stereocenters. The van der Waals surface area contributed by atoms with Crippen LogP contribution >= 0.6 is 0 Å². The van der Waals surface area contributed by atoms with Gasteiger partial charge in [-0.1, -0.05) is 33.1 Å². The lowest BCUT2D eigenvalue weighted by Gasteiger charge is -2.14. The van der Waals surface area contributed by atoms with Gasteiger partial charge < -0.3 is 21.7 Å². The number of anilines is 1. The van der Waals surface area contributed by atoms with Crippen molar-refractivity contribution in [1.29, 1.82) is 0 Å². The van der Waals surface area contributed by atoms with Crippen molar-refractivity contribution in [3.05, 3.63) is 65.2 Å². The van der Waals surface area contributed by atoms with E-state index in [1.165, 1.54) is 5.48 Å². The monoisotopic (exact) mass is 467 g/mol. The Morgan fingerprint density at radius 1 is 0.971 bits per heavy atom. The maximum absolute atomic E-state index is 12.2. The molecular weight excluding hydrogens is 434 g/mol. The molecule has 0 aliphatic carbocycles. The van der Waals surface area contributed by atoms with Gasteiger partial charge in [-0.05, 0) is 61.0 Å². The van der Waals surface area contributed by atoms with Crippen LogP contribution in [0.5, 0.6) is 0 Å². The van der Waals surface area contributed by atoms with Gasteiger partial charge in [0, 0.05) is 28.9 Å². The minimum absolute atomic E-state index is 0. The zero-order valence-electron chi connectivity index (χ0n) is 18.6. The van der Waals surface area contributed by atoms with Crippen LogP contribution in [0, 0.1) is 17.8 Å². The maximum atomic E-state index is 12.2. The number of hydroxylamine groups is 1. The van der Waals surface area contributed by atoms with E-state index in [1.54, 1.807) is 36.4 Å². The molecule has 3 amide bonds. The summed E-state index contributed by atoms with van der Waals surface area (Å²) in [7, 11) is 0. The van der Waals surface area contributed by atoms with Crippen LogP contribution in [0.4, 0.5) is 5.69 Å². The van der Waals surface area contributed by atoms with E-state index in [0.717, 1.165) is 12.1 Å². The van der Waals surface area contributed by atoms with Crippen LogP contribution in [0.25, 0.3) is 0 Å². The van der Waals surface area contributed by atoms with Crippen LogP contribution in [0.2, 0.25) is 0 Å². The smallest absolute Gasteiger partial charge is 0.267 e. The number of rotatable bonds is 9. The van der Waals surface area contributed by atoms with Gasteiger partial charge in [0.05, 0.1) is 6.54 Å². The van der Waals surface area contributed by atoms with Gasteiger partial charge in [-0.15, -0.1) is 0 Å². The predicted octanol–water partition coefficient (Wildman–Crippen LogP) is 1.47. The molecule has 9 nitrogen and oxygen atoms in total. The molecular formula is C25H33N5O4. The molecule has 0 bridgehead atoms. The summed E-state index contributed by atoms with van der Waals surface area (Å²) >= 11 is 0. The average Bonchev–Trinajstić information content (AvgIpc) is 2.81. The second-order valence-electron chi connectivity index (χ2n) is 7.72. The van der Waals surface area contributed by atoms with Crippen LogP contribution in [-0.4, -0.2) is 48.6 Å². The Morgan fingerprint density at radius 3 is 2.03 bits per heavy atom. The molecule has 2 aromatic rings. The maximum Gasteiger partial charge on any atom is 0.267 e. The van der Waals surface area contributed by atoms with Crippen LogP contribution in [0.1, 0.15) is 42.8 Å². The van der Waals surface area contributed by atoms with Crippen LogP contribution in [0.15, 0.2) is 48.5 Å². The molecule has 0 saturated heterocycles. The normalized spacial score (nSPS) is 10.9. The lowest BCUT2D eigenvalue weighted by molar-refractivity contribution is -0.130. The summed E-state index contributed by atoms with van der Waals surface area (Å²) in [6.45, 7) is 5.04. The average molecular weight is 468 g/mol. The molecule has 0 aliphatic rings. The number of nitrogens with one attached hydrogen (secondary N) is 4. The van der Waals surface area contributed by atoms with Crippen molar-refractivity contribution in [2.75, 3.05) is 25.0 Å². The molecule has 0 saturated carbocycles. The summed E-state index contributed by atoms with van der Waals surface area (Å²) in [5, 5.41) is 17.0. The Hall–Kier alpha value is -3.71. The fourth-order valence-corrected chi connectivity index (χ4v) is 2.72. The van der Waals surface area contributed by atoms with E-state index in [1.807, 2.05) is 12.1 Å². The van der Waals surface area contributed by atoms with Crippen molar-refractivity contribution < 1.29 is 19.6 Å². The van der Waals surface area contributed by atoms with E-state index in [0.29, 0.717) is 22.7 Å². The first-order chi connectivity index (χ1) is 15.8. The van der Waals surface area contributed by atoms with E-state index < -0.39 is 17.9 Å². The third kappa shape index (κ3) is 9.42. The van der Waals surface area contributed by atoms with Crippen molar-refractivity contribution in [2.45, 2.75) is 27.3 Å². The third-order valence-corrected chi connectivity index (χ3v) is 4.47. The number of nitrogens with two attached hydrogens (primary N) is 1. The number of hydrogen-bond acceptors (Lipinski definition) is 6. The van der Waals surface area contributed by atoms with E-state index in [-0.39, 0.29) is 26.4 Å². The highest BCUT2D eigenvalue weighted by Gasteiger charge is 2.19. The molecule has 2 aromatic carbocycles. The Balaban J connectivity index is 0.00000578. The largest absolute Gasteiger partial charge is 0.339 e. The first-order valence-electron chi connectivity index (χ1n) is 10.5. The molecule has 182 valence electrons. The Bertz CT molecular complexity index is 1010. The fourth-order valence-electron chi connectivity index (χ4n) is 2.72. The summed E-state index contributed by atoms with van der Waals surface area (Å²) in [4.78, 5) is 35.6. The predicted molar refractivity (Wildman–Crippen MR) is 132 cm³/mol. The summed E-state index contributed by atoms with van der Waals surface area (Å²) < 4.78 is 0. The van der Waals surface area contributed by atoms with Gasteiger partial charge in [0.2, 0.25) is 5.91 Å². The van der Waals surface area contributed by atoms with Gasteiger partial charge in [-0.3, -0.25) is 19.6 Å². The Morgan fingerprint density at radius 2 is 1.53 bits per heavy atom. The standard InChI is InChI=1S/C24H29N5O4.CH4/c1-16(2)14-26-15-22(30)27-20-11-7-18(8-12-20)4-3-17-5-9-19(10-6-17)23(31)28-21(13-25)24(32)29-33;/h5-12,16,21,26,33H,13-15,25H2,1-2H3,(H,27,30)(H,28,31)(H,29,32);1H4/t21-;/m0./s1. The molecule has 0 fully saturated rings. The lowest BCUT2D eigenvalue weighted by Crippen LogP contribution is -2.50. The molecule has 0 radical (unpaired) electrons. The number of carbonyl (C=O) groups excluding carboxylic acids is 3. The highest BCUT2D eigenvalue weighted by molar-refractivity contribution is 5.97. The van der Waals surface area contributed by atoms with Gasteiger partial charge in [0.15, 0.2) is 0 Å². The summed E-state index contributed by atoms with van der Waals surface area (Å²) in [5.41, 5.74) is 9.38. The topological polar surface area (TPSA) is 146 Å². The van der Waals surface area contributed by atoms with E-state index >= 15 is 0 Å². The first kappa shape index (κ1) is 28.3. The molecule has 7 N–H and O–H groups in total. The number of amides is 3. The molecule has 34 heavy (non-hydrogen) atoms. The Labute approximate surface area is 200 Å². The molecule has 9 heteroatoms. The SMILES string of the molecule is C.CC(C)CNCC(=O)Nc1ccc(C#Cc2ccc(C(=O)N[C@@H](CN)C(=O)NO)cc2)cc1. The van der Waals surface area contributed by atoms with Gasteiger partial charge in [-0.2, -0.15) is 0 Å². The minimum Gasteiger partial charge on any atom is -0.339 e. The van der Waals surface area contributed by atoms with E-state index in [9.17, 15) is 14.4 Å². The summed E-state index contributed by atoms with van der Waals surface area (Å²) in [5.74, 6) is 5.13. The minimum atomic E-state index is -1.04. The van der Waals surface area contributed by atoms with Crippen molar-refractivity contribution in [3.8, 4) is 11.8 Å². The number of benzene rings is 2. The van der Waals surface area contributed by atoms with Gasteiger partial charge in [-0.25, -0.2) is 5.48 Å². The quantitative estimate of drug-likeness (QED) is 0.187. The van der Waals surface area contributed by atoms with E-state index in [4.69, 9.17) is 10.9 Å². The second kappa shape index (κ2) is 14.4. The molecule has 0 aliphatic heterocycles. The molecule has 2 rings (SSSR count). The fraction of sp³-hybridized carbons (Fsp3) is 0.320. The van der Waals surface area contributed by atoms with Gasteiger partial charge in [0.25, 0.3) is 11.8 Å². The molecule has 0 spiro atoms. The second-order valence-corrected chi connectivity index (χ2v) is 7.72.